The van der Waals surface area contributed by atoms with Crippen LogP contribution in [0.4, 0.5) is 0 Å². The first-order valence-electron chi connectivity index (χ1n) is 9.16. The molecule has 0 aliphatic carbocycles. The Labute approximate surface area is 159 Å². The average molecular weight is 364 g/mol. The van der Waals surface area contributed by atoms with Crippen molar-refractivity contribution in [3.8, 4) is 11.5 Å². The van der Waals surface area contributed by atoms with Gasteiger partial charge in [-0.2, -0.15) is 0 Å². The van der Waals surface area contributed by atoms with Crippen molar-refractivity contribution in [1.29, 1.82) is 0 Å². The van der Waals surface area contributed by atoms with Crippen LogP contribution in [0.5, 0.6) is 11.5 Å². The summed E-state index contributed by atoms with van der Waals surface area (Å²) in [6, 6.07) is 16.3. The first kappa shape index (κ1) is 17.8. The first-order chi connectivity index (χ1) is 13.3. The monoisotopic (exact) mass is 364 g/mol. The number of ether oxygens (including phenoxy) is 3. The van der Waals surface area contributed by atoms with Crippen molar-refractivity contribution in [2.24, 2.45) is 0 Å². The molecule has 0 radical (unpaired) electrons. The van der Waals surface area contributed by atoms with Crippen LogP contribution in [0, 0.1) is 0 Å². The number of hydrogen-bond acceptors (Lipinski definition) is 5. The minimum absolute atomic E-state index is 0.0278. The van der Waals surface area contributed by atoms with Gasteiger partial charge in [0.1, 0.15) is 17.6 Å². The molecule has 5 nitrogen and oxygen atoms in total. The Hall–Kier alpha value is -2.63. The Morgan fingerprint density at radius 2 is 1.93 bits per heavy atom. The minimum atomic E-state index is -0.0278. The maximum atomic E-state index is 6.02. The SMILES string of the molecule is COc1ccc(OC)c(CN2CCOC(c3cc4ccccc4cn3)C2)c1. The zero-order valence-corrected chi connectivity index (χ0v) is 15.7. The van der Waals surface area contributed by atoms with E-state index in [1.54, 1.807) is 14.2 Å². The van der Waals surface area contributed by atoms with Crippen LogP contribution in [0.3, 0.4) is 0 Å². The summed E-state index contributed by atoms with van der Waals surface area (Å²) in [6.45, 7) is 3.15. The molecule has 0 spiro atoms. The van der Waals surface area contributed by atoms with Gasteiger partial charge in [-0.1, -0.05) is 24.3 Å². The van der Waals surface area contributed by atoms with Crippen molar-refractivity contribution in [3.63, 3.8) is 0 Å². The molecule has 0 saturated carbocycles. The van der Waals surface area contributed by atoms with Crippen molar-refractivity contribution >= 4 is 10.8 Å². The van der Waals surface area contributed by atoms with E-state index in [1.807, 2.05) is 30.5 Å². The fourth-order valence-corrected chi connectivity index (χ4v) is 3.55. The van der Waals surface area contributed by atoms with E-state index in [0.29, 0.717) is 6.61 Å². The van der Waals surface area contributed by atoms with E-state index >= 15 is 0 Å². The molecule has 1 saturated heterocycles. The highest BCUT2D eigenvalue weighted by Gasteiger charge is 2.24. The van der Waals surface area contributed by atoms with E-state index in [1.165, 1.54) is 5.39 Å². The molecule has 1 aliphatic rings. The molecule has 3 aromatic rings. The van der Waals surface area contributed by atoms with E-state index in [4.69, 9.17) is 14.2 Å². The molecule has 2 aromatic carbocycles. The van der Waals surface area contributed by atoms with Crippen LogP contribution >= 0.6 is 0 Å². The molecule has 1 unspecified atom stereocenters. The van der Waals surface area contributed by atoms with Crippen molar-refractivity contribution in [2.45, 2.75) is 12.6 Å². The molecule has 4 rings (SSSR count). The van der Waals surface area contributed by atoms with Gasteiger partial charge in [0.2, 0.25) is 0 Å². The number of nitrogens with zero attached hydrogens (tertiary/aromatic N) is 2. The molecule has 0 N–H and O–H groups in total. The van der Waals surface area contributed by atoms with Crippen LogP contribution in [0.15, 0.2) is 54.7 Å². The molecule has 1 fully saturated rings. The summed E-state index contributed by atoms with van der Waals surface area (Å²) in [6.07, 6.45) is 1.90. The molecule has 140 valence electrons. The van der Waals surface area contributed by atoms with Crippen LogP contribution < -0.4 is 9.47 Å². The summed E-state index contributed by atoms with van der Waals surface area (Å²) >= 11 is 0. The van der Waals surface area contributed by atoms with Crippen LogP contribution in [0.1, 0.15) is 17.4 Å². The average Bonchev–Trinajstić information content (AvgIpc) is 2.73. The standard InChI is InChI=1S/C22H24N2O3/c1-25-19-7-8-21(26-2)18(11-19)14-24-9-10-27-22(15-24)20-12-16-5-3-4-6-17(16)13-23-20/h3-8,11-13,22H,9-10,14-15H2,1-2H3. The van der Waals surface area contributed by atoms with Crippen LogP contribution in [0.25, 0.3) is 10.8 Å². The van der Waals surface area contributed by atoms with E-state index in [-0.39, 0.29) is 6.10 Å². The second kappa shape index (κ2) is 7.94. The molecule has 1 atom stereocenters. The molecule has 5 heteroatoms. The molecule has 2 heterocycles. The molecule has 1 aromatic heterocycles. The van der Waals surface area contributed by atoms with Crippen molar-refractivity contribution in [2.75, 3.05) is 33.9 Å². The number of hydrogen-bond donors (Lipinski definition) is 0. The summed E-state index contributed by atoms with van der Waals surface area (Å²) in [7, 11) is 3.38. The Bertz CT molecular complexity index is 928. The van der Waals surface area contributed by atoms with Crippen molar-refractivity contribution in [1.82, 2.24) is 9.88 Å². The highest BCUT2D eigenvalue weighted by atomic mass is 16.5. The maximum absolute atomic E-state index is 6.02. The fourth-order valence-electron chi connectivity index (χ4n) is 3.55. The Balaban J connectivity index is 1.52. The number of methoxy groups -OCH3 is 2. The Morgan fingerprint density at radius 1 is 1.07 bits per heavy atom. The number of benzene rings is 2. The topological polar surface area (TPSA) is 43.8 Å². The third kappa shape index (κ3) is 3.89. The first-order valence-corrected chi connectivity index (χ1v) is 9.16. The normalized spacial score (nSPS) is 17.8. The highest BCUT2D eigenvalue weighted by molar-refractivity contribution is 5.81. The van der Waals surface area contributed by atoms with E-state index < -0.39 is 0 Å². The summed E-state index contributed by atoms with van der Waals surface area (Å²) in [5.41, 5.74) is 2.10. The van der Waals surface area contributed by atoms with Gasteiger partial charge < -0.3 is 14.2 Å². The van der Waals surface area contributed by atoms with E-state index in [9.17, 15) is 0 Å². The van der Waals surface area contributed by atoms with Crippen LogP contribution in [-0.2, 0) is 11.3 Å². The van der Waals surface area contributed by atoms with Gasteiger partial charge in [-0.3, -0.25) is 9.88 Å². The third-order valence-electron chi connectivity index (χ3n) is 5.01. The quantitative estimate of drug-likeness (QED) is 0.688. The van der Waals surface area contributed by atoms with Gasteiger partial charge in [0.15, 0.2) is 0 Å². The lowest BCUT2D eigenvalue weighted by Gasteiger charge is -2.33. The summed E-state index contributed by atoms with van der Waals surface area (Å²) in [4.78, 5) is 7.01. The number of pyridine rings is 1. The van der Waals surface area contributed by atoms with Gasteiger partial charge >= 0.3 is 0 Å². The smallest absolute Gasteiger partial charge is 0.123 e. The highest BCUT2D eigenvalue weighted by Crippen LogP contribution is 2.28. The largest absolute Gasteiger partial charge is 0.497 e. The Kier molecular flexibility index (Phi) is 5.23. The fraction of sp³-hybridized carbons (Fsp3) is 0.318. The minimum Gasteiger partial charge on any atom is -0.497 e. The zero-order valence-electron chi connectivity index (χ0n) is 15.7. The van der Waals surface area contributed by atoms with Gasteiger partial charge in [-0.05, 0) is 29.7 Å². The second-order valence-electron chi connectivity index (χ2n) is 6.73. The van der Waals surface area contributed by atoms with Gasteiger partial charge in [0.25, 0.3) is 0 Å². The number of fused-ring (bicyclic) bond motifs is 1. The molecule has 27 heavy (non-hydrogen) atoms. The lowest BCUT2D eigenvalue weighted by molar-refractivity contribution is -0.0350. The molecular formula is C22H24N2O3. The maximum Gasteiger partial charge on any atom is 0.123 e. The lowest BCUT2D eigenvalue weighted by Crippen LogP contribution is -2.38. The van der Waals surface area contributed by atoms with E-state index in [2.05, 4.69) is 34.1 Å². The molecule has 0 amide bonds. The summed E-state index contributed by atoms with van der Waals surface area (Å²) < 4.78 is 16.9. The zero-order chi connectivity index (χ0) is 18.6. The number of aromatic nitrogens is 1. The second-order valence-corrected chi connectivity index (χ2v) is 6.73. The molecular weight excluding hydrogens is 340 g/mol. The third-order valence-corrected chi connectivity index (χ3v) is 5.01. The van der Waals surface area contributed by atoms with Crippen LogP contribution in [-0.4, -0.2) is 43.8 Å². The number of rotatable bonds is 5. The predicted octanol–water partition coefficient (Wildman–Crippen LogP) is 3.83. The van der Waals surface area contributed by atoms with Gasteiger partial charge in [0.05, 0.1) is 26.5 Å². The van der Waals surface area contributed by atoms with Crippen molar-refractivity contribution < 1.29 is 14.2 Å². The Morgan fingerprint density at radius 3 is 2.74 bits per heavy atom. The lowest BCUT2D eigenvalue weighted by atomic mass is 10.1. The van der Waals surface area contributed by atoms with Crippen LogP contribution in [0.2, 0.25) is 0 Å². The summed E-state index contributed by atoms with van der Waals surface area (Å²) in [5.74, 6) is 1.72. The van der Waals surface area contributed by atoms with Gasteiger partial charge in [0, 0.05) is 36.8 Å². The molecule has 1 aliphatic heterocycles. The van der Waals surface area contributed by atoms with E-state index in [0.717, 1.165) is 47.8 Å². The van der Waals surface area contributed by atoms with Crippen molar-refractivity contribution in [3.05, 3.63) is 66.0 Å². The van der Waals surface area contributed by atoms with Gasteiger partial charge in [-0.15, -0.1) is 0 Å². The van der Waals surface area contributed by atoms with Gasteiger partial charge in [-0.25, -0.2) is 0 Å². The molecule has 0 bridgehead atoms. The predicted molar refractivity (Wildman–Crippen MR) is 105 cm³/mol. The number of morpholine rings is 1. The summed E-state index contributed by atoms with van der Waals surface area (Å²) in [5, 5.41) is 2.34.